The lowest BCUT2D eigenvalue weighted by molar-refractivity contribution is -0.127. The van der Waals surface area contributed by atoms with E-state index in [0.717, 1.165) is 25.7 Å². The molecular formula is C37H50N8O7. The fraction of sp³-hybridized carbons (Fsp3) is 0.432. The standard InChI is InChI=1S/C35H48N8O7.C2H2/c36-13-21-49-23-24-50-22-16-39-34(47)37-14-6-1-2-7-15-38-35(48)41-29-12-8-11-27-28(25-40-30(27)29)31(44)33(46)43-19-17-42(18-20-43)32(45)26-9-4-3-5-10-26;1-2/h3-5,8-12,25,40H,1-2,6-7,13-24,36H2,(H2,37,39,47)(H2,38,41,48);1-2H. The van der Waals surface area contributed by atoms with Crippen molar-refractivity contribution in [2.75, 3.05) is 84.1 Å². The van der Waals surface area contributed by atoms with Crippen molar-refractivity contribution in [2.45, 2.75) is 25.7 Å². The molecule has 4 rings (SSSR count). The zero-order valence-corrected chi connectivity index (χ0v) is 29.5. The highest BCUT2D eigenvalue weighted by atomic mass is 16.5. The highest BCUT2D eigenvalue weighted by molar-refractivity contribution is 6.45. The number of hydrogen-bond acceptors (Lipinski definition) is 8. The lowest BCUT2D eigenvalue weighted by atomic mass is 10.1. The van der Waals surface area contributed by atoms with Crippen LogP contribution in [0.15, 0.2) is 54.7 Å². The van der Waals surface area contributed by atoms with E-state index in [1.165, 1.54) is 11.1 Å². The molecule has 15 heteroatoms. The van der Waals surface area contributed by atoms with Crippen molar-refractivity contribution < 1.29 is 33.4 Å². The number of unbranched alkanes of at least 4 members (excludes halogenated alkanes) is 3. The second-order valence-electron chi connectivity index (χ2n) is 11.7. The van der Waals surface area contributed by atoms with E-state index in [9.17, 15) is 24.0 Å². The van der Waals surface area contributed by atoms with Gasteiger partial charge in [0.15, 0.2) is 0 Å². The Balaban J connectivity index is 0.00000358. The molecule has 2 aromatic carbocycles. The quantitative estimate of drug-likeness (QED) is 0.0470. The smallest absolute Gasteiger partial charge is 0.319 e. The van der Waals surface area contributed by atoms with Gasteiger partial charge < -0.3 is 51.3 Å². The minimum absolute atomic E-state index is 0.101. The molecule has 0 spiro atoms. The van der Waals surface area contributed by atoms with Crippen molar-refractivity contribution in [1.82, 2.24) is 30.7 Å². The molecule has 0 bridgehead atoms. The molecule has 52 heavy (non-hydrogen) atoms. The van der Waals surface area contributed by atoms with Crippen molar-refractivity contribution >= 4 is 46.3 Å². The zero-order chi connectivity index (χ0) is 37.6. The lowest BCUT2D eigenvalue weighted by Gasteiger charge is -2.34. The summed E-state index contributed by atoms with van der Waals surface area (Å²) in [5, 5.41) is 11.7. The van der Waals surface area contributed by atoms with E-state index in [1.807, 2.05) is 6.07 Å². The first kappa shape index (κ1) is 41.0. The number of amides is 6. The summed E-state index contributed by atoms with van der Waals surface area (Å²) in [6.45, 7) is 4.95. The number of ether oxygens (including phenoxy) is 2. The zero-order valence-electron chi connectivity index (χ0n) is 29.5. The van der Waals surface area contributed by atoms with E-state index in [4.69, 9.17) is 15.2 Å². The molecule has 1 aromatic heterocycles. The number of carbonyl (C=O) groups excluding carboxylic acids is 5. The van der Waals surface area contributed by atoms with E-state index >= 15 is 0 Å². The molecule has 1 saturated heterocycles. The second kappa shape index (κ2) is 23.1. The Morgan fingerprint density at radius 3 is 2.00 bits per heavy atom. The number of aromatic nitrogens is 1. The summed E-state index contributed by atoms with van der Waals surface area (Å²) in [5.41, 5.74) is 7.16. The van der Waals surface area contributed by atoms with E-state index in [2.05, 4.69) is 39.1 Å². The number of para-hydroxylation sites is 1. The SMILES string of the molecule is C#C.NCCOCCOCCNC(=O)NCCCCCCNC(=O)Nc1cccc2c(C(=O)C(=O)N3CCN(C(=O)c4ccccc4)CC3)c[nH]c12. The molecule has 7 N–H and O–H groups in total. The van der Waals surface area contributed by atoms with E-state index in [0.29, 0.717) is 87.8 Å². The molecule has 6 amide bonds. The van der Waals surface area contributed by atoms with Crippen LogP contribution < -0.4 is 27.0 Å². The molecule has 0 saturated carbocycles. The second-order valence-corrected chi connectivity index (χ2v) is 11.7. The van der Waals surface area contributed by atoms with Crippen LogP contribution in [0.25, 0.3) is 10.9 Å². The first-order valence-electron chi connectivity index (χ1n) is 17.4. The van der Waals surface area contributed by atoms with Gasteiger partial charge in [0.1, 0.15) is 0 Å². The van der Waals surface area contributed by atoms with Crippen molar-refractivity contribution in [1.29, 1.82) is 0 Å². The van der Waals surface area contributed by atoms with Crippen molar-refractivity contribution in [3.63, 3.8) is 0 Å². The van der Waals surface area contributed by atoms with Crippen LogP contribution in [0.2, 0.25) is 0 Å². The van der Waals surface area contributed by atoms with Gasteiger partial charge >= 0.3 is 12.1 Å². The number of hydrogen-bond donors (Lipinski definition) is 6. The number of nitrogens with two attached hydrogens (primary N) is 1. The van der Waals surface area contributed by atoms with Gasteiger partial charge in [-0.1, -0.05) is 43.2 Å². The number of carbonyl (C=O) groups is 5. The molecule has 0 unspecified atom stereocenters. The van der Waals surface area contributed by atoms with Gasteiger partial charge in [0.05, 0.1) is 43.2 Å². The normalized spacial score (nSPS) is 12.4. The van der Waals surface area contributed by atoms with Gasteiger partial charge in [0.25, 0.3) is 17.6 Å². The Morgan fingerprint density at radius 2 is 1.33 bits per heavy atom. The van der Waals surface area contributed by atoms with Crippen molar-refractivity contribution in [3.05, 3.63) is 65.9 Å². The van der Waals surface area contributed by atoms with Crippen molar-refractivity contribution in [2.24, 2.45) is 5.73 Å². The number of rotatable bonds is 19. The summed E-state index contributed by atoms with van der Waals surface area (Å²) < 4.78 is 10.6. The fourth-order valence-corrected chi connectivity index (χ4v) is 5.46. The van der Waals surface area contributed by atoms with Crippen LogP contribution in [0, 0.1) is 12.8 Å². The molecular weight excluding hydrogens is 668 g/mol. The van der Waals surface area contributed by atoms with Gasteiger partial charge in [-0.3, -0.25) is 14.4 Å². The van der Waals surface area contributed by atoms with Crippen LogP contribution in [0.3, 0.4) is 0 Å². The number of Topliss-reactive ketones (excluding diaryl/α,β-unsaturated/α-hetero) is 1. The molecule has 3 aromatic rings. The average Bonchev–Trinajstić information content (AvgIpc) is 3.62. The number of H-pyrrole nitrogens is 1. The fourth-order valence-electron chi connectivity index (χ4n) is 5.46. The van der Waals surface area contributed by atoms with E-state index < -0.39 is 11.7 Å². The summed E-state index contributed by atoms with van der Waals surface area (Å²) in [6, 6.07) is 13.5. The van der Waals surface area contributed by atoms with Crippen LogP contribution >= 0.6 is 0 Å². The number of piperazine rings is 1. The van der Waals surface area contributed by atoms with Gasteiger partial charge in [-0.2, -0.15) is 0 Å². The molecule has 0 radical (unpaired) electrons. The third kappa shape index (κ3) is 13.0. The first-order valence-corrected chi connectivity index (χ1v) is 17.4. The minimum atomic E-state index is -0.651. The maximum Gasteiger partial charge on any atom is 0.319 e. The monoisotopic (exact) mass is 718 g/mol. The largest absolute Gasteiger partial charge is 0.378 e. The molecule has 1 fully saturated rings. The Bertz CT molecular complexity index is 1600. The summed E-state index contributed by atoms with van der Waals surface area (Å²) >= 11 is 0. The number of urea groups is 2. The van der Waals surface area contributed by atoms with Crippen LogP contribution in [0.1, 0.15) is 46.4 Å². The number of anilines is 1. The maximum absolute atomic E-state index is 13.3. The summed E-state index contributed by atoms with van der Waals surface area (Å²) in [4.78, 5) is 69.8. The Kier molecular flexibility index (Phi) is 18.2. The van der Waals surface area contributed by atoms with Crippen LogP contribution in [0.5, 0.6) is 0 Å². The number of terminal acetylenes is 1. The van der Waals surface area contributed by atoms with Crippen LogP contribution in [-0.2, 0) is 14.3 Å². The number of benzene rings is 2. The average molecular weight is 719 g/mol. The highest BCUT2D eigenvalue weighted by Gasteiger charge is 2.30. The van der Waals surface area contributed by atoms with Gasteiger partial charge in [-0.15, -0.1) is 12.8 Å². The van der Waals surface area contributed by atoms with Gasteiger partial charge in [-0.25, -0.2) is 9.59 Å². The molecule has 0 atom stereocenters. The molecule has 0 aliphatic carbocycles. The molecule has 1 aliphatic rings. The molecule has 2 heterocycles. The third-order valence-electron chi connectivity index (χ3n) is 8.12. The Hall–Kier alpha value is -5.43. The topological polar surface area (TPSA) is 200 Å². The lowest BCUT2D eigenvalue weighted by Crippen LogP contribution is -2.52. The summed E-state index contributed by atoms with van der Waals surface area (Å²) in [5.74, 6) is -1.38. The van der Waals surface area contributed by atoms with Gasteiger partial charge in [0, 0.05) is 69.5 Å². The third-order valence-corrected chi connectivity index (χ3v) is 8.12. The molecule has 15 nitrogen and oxygen atoms in total. The first-order chi connectivity index (χ1) is 25.4. The van der Waals surface area contributed by atoms with E-state index in [1.54, 1.807) is 47.4 Å². The number of nitrogens with zero attached hydrogens (tertiary/aromatic N) is 2. The predicted octanol–water partition coefficient (Wildman–Crippen LogP) is 2.56. The number of nitrogens with one attached hydrogen (secondary N) is 5. The van der Waals surface area contributed by atoms with Crippen molar-refractivity contribution in [3.8, 4) is 12.8 Å². The summed E-state index contributed by atoms with van der Waals surface area (Å²) in [7, 11) is 0. The van der Waals surface area contributed by atoms with Crippen LogP contribution in [0.4, 0.5) is 15.3 Å². The minimum Gasteiger partial charge on any atom is -0.378 e. The number of aromatic amines is 1. The Labute approximate surface area is 304 Å². The van der Waals surface area contributed by atoms with E-state index in [-0.39, 0.29) is 36.6 Å². The predicted molar refractivity (Wildman–Crippen MR) is 199 cm³/mol. The number of ketones is 1. The van der Waals surface area contributed by atoms with Crippen LogP contribution in [-0.4, -0.2) is 123 Å². The Morgan fingerprint density at radius 1 is 0.712 bits per heavy atom. The number of fused-ring (bicyclic) bond motifs is 1. The van der Waals surface area contributed by atoms with Gasteiger partial charge in [-0.05, 0) is 31.0 Å². The highest BCUT2D eigenvalue weighted by Crippen LogP contribution is 2.26. The maximum atomic E-state index is 13.3. The van der Waals surface area contributed by atoms with Gasteiger partial charge in [0.2, 0.25) is 0 Å². The molecule has 1 aliphatic heterocycles. The molecule has 280 valence electrons. The summed E-state index contributed by atoms with van der Waals surface area (Å²) in [6.07, 6.45) is 12.9.